The first-order valence-electron chi connectivity index (χ1n) is 11.5. The molecular formula is C27H28N2O6. The maximum Gasteiger partial charge on any atom is 0.339 e. The Morgan fingerprint density at radius 2 is 1.83 bits per heavy atom. The molecule has 182 valence electrons. The van der Waals surface area contributed by atoms with E-state index in [0.29, 0.717) is 22.5 Å². The van der Waals surface area contributed by atoms with Crippen molar-refractivity contribution in [2.24, 2.45) is 0 Å². The van der Waals surface area contributed by atoms with E-state index < -0.39 is 29.1 Å². The summed E-state index contributed by atoms with van der Waals surface area (Å²) in [7, 11) is 0. The van der Waals surface area contributed by atoms with E-state index in [2.05, 4.69) is 5.32 Å². The number of anilines is 2. The molecule has 0 unspecified atom stereocenters. The maximum absolute atomic E-state index is 13.3. The van der Waals surface area contributed by atoms with Gasteiger partial charge in [-0.2, -0.15) is 0 Å². The van der Waals surface area contributed by atoms with Crippen LogP contribution in [0.2, 0.25) is 0 Å². The summed E-state index contributed by atoms with van der Waals surface area (Å²) < 4.78 is 10.9. The predicted octanol–water partition coefficient (Wildman–Crippen LogP) is 4.04. The SMILES string of the molecule is Cc1ccc2c(C)c(CCC(=O)O[C@H](C)C(=O)N3c4ccccc4NC(=O)C3(C)C)c(=O)oc2c1. The highest BCUT2D eigenvalue weighted by Gasteiger charge is 2.45. The highest BCUT2D eigenvalue weighted by atomic mass is 16.5. The number of rotatable bonds is 5. The van der Waals surface area contributed by atoms with Gasteiger partial charge in [-0.05, 0) is 70.4 Å². The van der Waals surface area contributed by atoms with Crippen LogP contribution >= 0.6 is 0 Å². The Balaban J connectivity index is 1.48. The zero-order valence-corrected chi connectivity index (χ0v) is 20.4. The van der Waals surface area contributed by atoms with Gasteiger partial charge < -0.3 is 14.5 Å². The number of esters is 1. The van der Waals surface area contributed by atoms with Gasteiger partial charge in [-0.25, -0.2) is 4.79 Å². The van der Waals surface area contributed by atoms with Crippen LogP contribution in [0.25, 0.3) is 11.0 Å². The number of aryl methyl sites for hydroxylation is 2. The van der Waals surface area contributed by atoms with Crippen molar-refractivity contribution in [2.45, 2.75) is 59.1 Å². The molecule has 0 saturated carbocycles. The van der Waals surface area contributed by atoms with Crippen LogP contribution in [-0.2, 0) is 25.5 Å². The second kappa shape index (κ2) is 9.02. The molecule has 1 N–H and O–H groups in total. The summed E-state index contributed by atoms with van der Waals surface area (Å²) in [6, 6.07) is 12.6. The van der Waals surface area contributed by atoms with Crippen LogP contribution < -0.4 is 15.8 Å². The molecule has 1 atom stereocenters. The van der Waals surface area contributed by atoms with Crippen LogP contribution in [0.1, 0.15) is 43.9 Å². The molecule has 8 heteroatoms. The summed E-state index contributed by atoms with van der Waals surface area (Å²) in [6.07, 6.45) is -1.10. The molecule has 2 amide bonds. The van der Waals surface area contributed by atoms with Gasteiger partial charge in [-0.1, -0.05) is 24.3 Å². The number of para-hydroxylation sites is 2. The molecule has 0 bridgehead atoms. The standard InChI is InChI=1S/C27H28N2O6/c1-15-10-11-18-16(2)19(25(32)35-22(18)14-15)12-13-23(30)34-17(3)24(31)29-21-9-7-6-8-20(21)28-26(33)27(29,4)5/h6-11,14,17H,12-13H2,1-5H3,(H,28,33)/t17-/m1/s1. The molecule has 1 aliphatic heterocycles. The molecule has 1 aliphatic rings. The lowest BCUT2D eigenvalue weighted by Gasteiger charge is -2.42. The molecule has 35 heavy (non-hydrogen) atoms. The number of nitrogens with one attached hydrogen (secondary N) is 1. The number of carbonyl (C=O) groups is 3. The minimum absolute atomic E-state index is 0.0962. The zero-order chi connectivity index (χ0) is 25.5. The van der Waals surface area contributed by atoms with E-state index in [4.69, 9.17) is 9.15 Å². The molecule has 0 fully saturated rings. The number of fused-ring (bicyclic) bond motifs is 2. The van der Waals surface area contributed by atoms with Crippen LogP contribution in [0, 0.1) is 13.8 Å². The van der Waals surface area contributed by atoms with Gasteiger partial charge in [0.25, 0.3) is 5.91 Å². The fraction of sp³-hybridized carbons (Fsp3) is 0.333. The van der Waals surface area contributed by atoms with E-state index in [1.165, 1.54) is 11.8 Å². The predicted molar refractivity (Wildman–Crippen MR) is 132 cm³/mol. The molecule has 4 rings (SSSR count). The van der Waals surface area contributed by atoms with Crippen molar-refractivity contribution in [3.63, 3.8) is 0 Å². The Hall–Kier alpha value is -3.94. The molecule has 8 nitrogen and oxygen atoms in total. The van der Waals surface area contributed by atoms with Crippen molar-refractivity contribution in [2.75, 3.05) is 10.2 Å². The normalized spacial score (nSPS) is 15.3. The van der Waals surface area contributed by atoms with Gasteiger partial charge >= 0.3 is 11.6 Å². The minimum Gasteiger partial charge on any atom is -0.453 e. The summed E-state index contributed by atoms with van der Waals surface area (Å²) in [6.45, 7) is 8.48. The number of carbonyl (C=O) groups excluding carboxylic acids is 3. The topological polar surface area (TPSA) is 106 Å². The third-order valence-electron chi connectivity index (χ3n) is 6.41. The quantitative estimate of drug-likeness (QED) is 0.440. The van der Waals surface area contributed by atoms with Gasteiger partial charge in [0, 0.05) is 17.4 Å². The van der Waals surface area contributed by atoms with Crippen molar-refractivity contribution in [1.82, 2.24) is 0 Å². The minimum atomic E-state index is -1.17. The molecule has 0 spiro atoms. The Morgan fingerprint density at radius 3 is 2.57 bits per heavy atom. The average Bonchev–Trinajstić information content (AvgIpc) is 2.79. The molecule has 0 saturated heterocycles. The first-order chi connectivity index (χ1) is 16.5. The monoisotopic (exact) mass is 476 g/mol. The highest BCUT2D eigenvalue weighted by molar-refractivity contribution is 6.15. The molecular weight excluding hydrogens is 448 g/mol. The Bertz CT molecular complexity index is 1400. The number of nitrogens with zero attached hydrogens (tertiary/aromatic N) is 1. The van der Waals surface area contributed by atoms with Crippen LogP contribution in [0.15, 0.2) is 51.7 Å². The smallest absolute Gasteiger partial charge is 0.339 e. The van der Waals surface area contributed by atoms with Crippen molar-refractivity contribution in [3.05, 3.63) is 69.6 Å². The fourth-order valence-electron chi connectivity index (χ4n) is 4.35. The molecule has 2 heterocycles. The van der Waals surface area contributed by atoms with Gasteiger partial charge in [0.1, 0.15) is 11.1 Å². The van der Waals surface area contributed by atoms with Crippen LogP contribution in [-0.4, -0.2) is 29.4 Å². The molecule has 2 aromatic carbocycles. The Kier molecular flexibility index (Phi) is 6.23. The summed E-state index contributed by atoms with van der Waals surface area (Å²) in [4.78, 5) is 52.4. The lowest BCUT2D eigenvalue weighted by atomic mass is 9.95. The summed E-state index contributed by atoms with van der Waals surface area (Å²) in [5, 5.41) is 3.61. The maximum atomic E-state index is 13.3. The van der Waals surface area contributed by atoms with E-state index in [0.717, 1.165) is 16.5 Å². The first-order valence-corrected chi connectivity index (χ1v) is 11.5. The van der Waals surface area contributed by atoms with E-state index in [9.17, 15) is 19.2 Å². The largest absolute Gasteiger partial charge is 0.453 e. The van der Waals surface area contributed by atoms with Crippen molar-refractivity contribution < 1.29 is 23.5 Å². The van der Waals surface area contributed by atoms with Gasteiger partial charge in [0.2, 0.25) is 5.91 Å². The van der Waals surface area contributed by atoms with Gasteiger partial charge in [-0.3, -0.25) is 19.3 Å². The van der Waals surface area contributed by atoms with Gasteiger partial charge in [-0.15, -0.1) is 0 Å². The number of benzene rings is 2. The second-order valence-electron chi connectivity index (χ2n) is 9.33. The summed E-state index contributed by atoms with van der Waals surface area (Å²) in [5.74, 6) is -1.47. The molecule has 0 aliphatic carbocycles. The van der Waals surface area contributed by atoms with Crippen LogP contribution in [0.4, 0.5) is 11.4 Å². The third-order valence-corrected chi connectivity index (χ3v) is 6.41. The third kappa shape index (κ3) is 4.43. The van der Waals surface area contributed by atoms with Crippen molar-refractivity contribution >= 4 is 40.1 Å². The van der Waals surface area contributed by atoms with Crippen LogP contribution in [0.5, 0.6) is 0 Å². The Morgan fingerprint density at radius 1 is 1.11 bits per heavy atom. The molecule has 3 aromatic rings. The van der Waals surface area contributed by atoms with Crippen molar-refractivity contribution in [1.29, 1.82) is 0 Å². The van der Waals surface area contributed by atoms with Gasteiger partial charge in [0.15, 0.2) is 6.10 Å². The fourth-order valence-corrected chi connectivity index (χ4v) is 4.35. The summed E-state index contributed by atoms with van der Waals surface area (Å²) in [5.41, 5.74) is 2.02. The first kappa shape index (κ1) is 24.2. The van der Waals surface area contributed by atoms with Crippen molar-refractivity contribution in [3.8, 4) is 0 Å². The van der Waals surface area contributed by atoms with E-state index in [1.807, 2.05) is 26.0 Å². The van der Waals surface area contributed by atoms with E-state index in [-0.39, 0.29) is 18.7 Å². The molecule has 0 radical (unpaired) electrons. The van der Waals surface area contributed by atoms with E-state index in [1.54, 1.807) is 44.2 Å². The van der Waals surface area contributed by atoms with E-state index >= 15 is 0 Å². The number of hydrogen-bond donors (Lipinski definition) is 1. The summed E-state index contributed by atoms with van der Waals surface area (Å²) >= 11 is 0. The van der Waals surface area contributed by atoms with Gasteiger partial charge in [0.05, 0.1) is 11.4 Å². The number of hydrogen-bond acceptors (Lipinski definition) is 6. The number of ether oxygens (including phenoxy) is 1. The average molecular weight is 477 g/mol. The zero-order valence-electron chi connectivity index (χ0n) is 20.4. The highest BCUT2D eigenvalue weighted by Crippen LogP contribution is 2.37. The molecule has 1 aromatic heterocycles. The number of amides is 2. The second-order valence-corrected chi connectivity index (χ2v) is 9.33. The lowest BCUT2D eigenvalue weighted by Crippen LogP contribution is -2.60. The van der Waals surface area contributed by atoms with Crippen LogP contribution in [0.3, 0.4) is 0 Å². The lowest BCUT2D eigenvalue weighted by molar-refractivity contribution is -0.154. The Labute approximate surface area is 202 Å².